The molecule has 0 aliphatic heterocycles. The van der Waals surface area contributed by atoms with Gasteiger partial charge in [0.1, 0.15) is 6.33 Å². The molecular formula is C25H24N4O4. The van der Waals surface area contributed by atoms with E-state index in [0.29, 0.717) is 23.8 Å². The standard InChI is InChI=1S/C25H24N4O4/c1-16-12-23(33-29-16)20-14-26-15-28-24(20)19-10-8-18(9-11-19)13-27-25(30)17(2)32-22-7-5-4-6-21(22)31-3/h4-12,14-15,17H,13H2,1-3H3,(H,27,30). The number of nitrogens with one attached hydrogen (secondary N) is 1. The number of nitrogens with zero attached hydrogens (tertiary/aromatic N) is 3. The molecule has 8 heteroatoms. The summed E-state index contributed by atoms with van der Waals surface area (Å²) in [6, 6.07) is 16.9. The zero-order chi connectivity index (χ0) is 23.2. The molecule has 0 saturated carbocycles. The average molecular weight is 444 g/mol. The maximum absolute atomic E-state index is 12.5. The van der Waals surface area contributed by atoms with E-state index in [1.807, 2.05) is 49.4 Å². The van der Waals surface area contributed by atoms with Crippen LogP contribution in [0.25, 0.3) is 22.6 Å². The number of benzene rings is 2. The summed E-state index contributed by atoms with van der Waals surface area (Å²) in [5.41, 5.74) is 4.15. The highest BCUT2D eigenvalue weighted by molar-refractivity contribution is 5.81. The maximum atomic E-state index is 12.5. The fourth-order valence-corrected chi connectivity index (χ4v) is 3.30. The van der Waals surface area contributed by atoms with Gasteiger partial charge in [-0.15, -0.1) is 0 Å². The fourth-order valence-electron chi connectivity index (χ4n) is 3.30. The van der Waals surface area contributed by atoms with Crippen LogP contribution in [0.15, 0.2) is 71.6 Å². The lowest BCUT2D eigenvalue weighted by molar-refractivity contribution is -0.127. The van der Waals surface area contributed by atoms with Crippen LogP contribution in [0.1, 0.15) is 18.2 Å². The van der Waals surface area contributed by atoms with Crippen molar-refractivity contribution in [3.05, 3.63) is 78.4 Å². The Balaban J connectivity index is 1.40. The number of rotatable bonds is 8. The van der Waals surface area contributed by atoms with Gasteiger partial charge >= 0.3 is 0 Å². The number of aromatic nitrogens is 3. The summed E-state index contributed by atoms with van der Waals surface area (Å²) < 4.78 is 16.4. The molecule has 1 amide bonds. The molecule has 0 saturated heterocycles. The molecule has 0 radical (unpaired) electrons. The van der Waals surface area contributed by atoms with E-state index in [1.54, 1.807) is 32.4 Å². The van der Waals surface area contributed by atoms with E-state index in [-0.39, 0.29) is 5.91 Å². The first-order chi connectivity index (χ1) is 16.0. The quantitative estimate of drug-likeness (QED) is 0.435. The van der Waals surface area contributed by atoms with Crippen molar-refractivity contribution in [1.82, 2.24) is 20.4 Å². The second-order valence-electron chi connectivity index (χ2n) is 7.44. The number of amides is 1. The molecule has 2 heterocycles. The second kappa shape index (κ2) is 9.95. The summed E-state index contributed by atoms with van der Waals surface area (Å²) >= 11 is 0. The molecule has 0 aliphatic carbocycles. The normalized spacial score (nSPS) is 11.6. The van der Waals surface area contributed by atoms with Gasteiger partial charge in [0.2, 0.25) is 0 Å². The van der Waals surface area contributed by atoms with E-state index in [0.717, 1.165) is 28.1 Å². The van der Waals surface area contributed by atoms with Crippen molar-refractivity contribution >= 4 is 5.91 Å². The highest BCUT2D eigenvalue weighted by atomic mass is 16.5. The number of carbonyl (C=O) groups is 1. The topological polar surface area (TPSA) is 99.4 Å². The van der Waals surface area contributed by atoms with Crippen molar-refractivity contribution in [2.75, 3.05) is 7.11 Å². The Hall–Kier alpha value is -4.20. The highest BCUT2D eigenvalue weighted by Crippen LogP contribution is 2.30. The van der Waals surface area contributed by atoms with Crippen molar-refractivity contribution in [3.63, 3.8) is 0 Å². The molecule has 33 heavy (non-hydrogen) atoms. The second-order valence-corrected chi connectivity index (χ2v) is 7.44. The van der Waals surface area contributed by atoms with Gasteiger partial charge in [-0.25, -0.2) is 9.97 Å². The predicted octanol–water partition coefficient (Wildman–Crippen LogP) is 4.20. The highest BCUT2D eigenvalue weighted by Gasteiger charge is 2.17. The molecule has 1 unspecified atom stereocenters. The Morgan fingerprint density at radius 1 is 1.12 bits per heavy atom. The molecule has 4 rings (SSSR count). The predicted molar refractivity (Wildman–Crippen MR) is 123 cm³/mol. The zero-order valence-corrected chi connectivity index (χ0v) is 18.6. The Morgan fingerprint density at radius 3 is 2.58 bits per heavy atom. The Kier molecular flexibility index (Phi) is 6.64. The molecule has 8 nitrogen and oxygen atoms in total. The van der Waals surface area contributed by atoms with E-state index >= 15 is 0 Å². The SMILES string of the molecule is COc1ccccc1OC(C)C(=O)NCc1ccc(-c2ncncc2-c2cc(C)no2)cc1. The lowest BCUT2D eigenvalue weighted by Gasteiger charge is -2.16. The third kappa shape index (κ3) is 5.17. The number of aryl methyl sites for hydroxylation is 1. The Morgan fingerprint density at radius 2 is 1.88 bits per heavy atom. The first kappa shape index (κ1) is 22.0. The number of hydrogen-bond acceptors (Lipinski definition) is 7. The van der Waals surface area contributed by atoms with Crippen molar-refractivity contribution < 1.29 is 18.8 Å². The number of para-hydroxylation sites is 2. The lowest BCUT2D eigenvalue weighted by atomic mass is 10.0. The molecule has 0 aliphatic rings. The van der Waals surface area contributed by atoms with Gasteiger partial charge in [0, 0.05) is 24.4 Å². The molecule has 1 N–H and O–H groups in total. The molecular weight excluding hydrogens is 420 g/mol. The lowest BCUT2D eigenvalue weighted by Crippen LogP contribution is -2.35. The monoisotopic (exact) mass is 444 g/mol. The van der Waals surface area contributed by atoms with Crippen molar-refractivity contribution in [3.8, 4) is 34.1 Å². The first-order valence-electron chi connectivity index (χ1n) is 10.5. The average Bonchev–Trinajstić information content (AvgIpc) is 3.29. The van der Waals surface area contributed by atoms with Crippen molar-refractivity contribution in [1.29, 1.82) is 0 Å². The van der Waals surface area contributed by atoms with Crippen LogP contribution in [0.2, 0.25) is 0 Å². The number of hydrogen-bond donors (Lipinski definition) is 1. The molecule has 2 aromatic heterocycles. The minimum atomic E-state index is -0.672. The zero-order valence-electron chi connectivity index (χ0n) is 18.6. The molecule has 4 aromatic rings. The van der Waals surface area contributed by atoms with Gasteiger partial charge in [-0.2, -0.15) is 0 Å². The van der Waals surface area contributed by atoms with Crippen molar-refractivity contribution in [2.45, 2.75) is 26.5 Å². The van der Waals surface area contributed by atoms with E-state index in [2.05, 4.69) is 20.4 Å². The van der Waals surface area contributed by atoms with Gasteiger partial charge in [-0.3, -0.25) is 4.79 Å². The van der Waals surface area contributed by atoms with E-state index in [4.69, 9.17) is 14.0 Å². The van der Waals surface area contributed by atoms with Gasteiger partial charge in [-0.05, 0) is 31.5 Å². The number of ether oxygens (including phenoxy) is 2. The van der Waals surface area contributed by atoms with E-state index < -0.39 is 6.10 Å². The summed E-state index contributed by atoms with van der Waals surface area (Å²) in [7, 11) is 1.56. The van der Waals surface area contributed by atoms with Crippen LogP contribution in [-0.2, 0) is 11.3 Å². The van der Waals surface area contributed by atoms with Gasteiger partial charge in [0.25, 0.3) is 5.91 Å². The Labute approximate surface area is 191 Å². The molecule has 0 spiro atoms. The van der Waals surface area contributed by atoms with Gasteiger partial charge < -0.3 is 19.3 Å². The number of methoxy groups -OCH3 is 1. The summed E-state index contributed by atoms with van der Waals surface area (Å²) in [6.07, 6.45) is 2.54. The summed E-state index contributed by atoms with van der Waals surface area (Å²) in [6.45, 7) is 3.94. The first-order valence-corrected chi connectivity index (χ1v) is 10.5. The van der Waals surface area contributed by atoms with Crippen LogP contribution in [0.4, 0.5) is 0 Å². The maximum Gasteiger partial charge on any atom is 0.261 e. The molecule has 0 fully saturated rings. The van der Waals surface area contributed by atoms with Crippen LogP contribution < -0.4 is 14.8 Å². The third-order valence-corrected chi connectivity index (χ3v) is 5.04. The Bertz CT molecular complexity index is 1240. The van der Waals surface area contributed by atoms with Crippen LogP contribution in [0, 0.1) is 6.92 Å². The van der Waals surface area contributed by atoms with Gasteiger partial charge in [0.05, 0.1) is 24.1 Å². The van der Waals surface area contributed by atoms with Crippen LogP contribution >= 0.6 is 0 Å². The molecule has 1 atom stereocenters. The minimum Gasteiger partial charge on any atom is -0.493 e. The molecule has 2 aromatic carbocycles. The molecule has 0 bridgehead atoms. The third-order valence-electron chi connectivity index (χ3n) is 5.04. The smallest absolute Gasteiger partial charge is 0.261 e. The largest absolute Gasteiger partial charge is 0.493 e. The summed E-state index contributed by atoms with van der Waals surface area (Å²) in [5.74, 6) is 1.50. The van der Waals surface area contributed by atoms with Crippen molar-refractivity contribution in [2.24, 2.45) is 0 Å². The summed E-state index contributed by atoms with van der Waals surface area (Å²) in [4.78, 5) is 21.0. The fraction of sp³-hybridized carbons (Fsp3) is 0.200. The van der Waals surface area contributed by atoms with E-state index in [1.165, 1.54) is 6.33 Å². The minimum absolute atomic E-state index is 0.219. The summed E-state index contributed by atoms with van der Waals surface area (Å²) in [5, 5.41) is 6.85. The van der Waals surface area contributed by atoms with Gasteiger partial charge in [0.15, 0.2) is 23.4 Å². The van der Waals surface area contributed by atoms with Crippen LogP contribution in [0.3, 0.4) is 0 Å². The van der Waals surface area contributed by atoms with E-state index in [9.17, 15) is 4.79 Å². The van der Waals surface area contributed by atoms with Gasteiger partial charge in [-0.1, -0.05) is 41.6 Å². The molecule has 168 valence electrons. The van der Waals surface area contributed by atoms with Crippen LogP contribution in [-0.4, -0.2) is 34.2 Å². The van der Waals surface area contributed by atoms with Crippen LogP contribution in [0.5, 0.6) is 11.5 Å². The number of carbonyl (C=O) groups excluding carboxylic acids is 1.